The Morgan fingerprint density at radius 2 is 1.96 bits per heavy atom. The molecule has 1 unspecified atom stereocenters. The molecule has 0 bridgehead atoms. The Balaban J connectivity index is 1.79. The lowest BCUT2D eigenvalue weighted by molar-refractivity contribution is 0.0477. The third kappa shape index (κ3) is 5.99. The minimum absolute atomic E-state index is 0.505. The average Bonchev–Trinajstić information content (AvgIpc) is 2.47. The number of rotatable bonds is 7. The van der Waals surface area contributed by atoms with E-state index < -0.39 is 5.60 Å². The molecule has 130 valence electrons. The summed E-state index contributed by atoms with van der Waals surface area (Å²) in [6.45, 7) is 13.8. The second kappa shape index (κ2) is 7.97. The first-order valence-electron chi connectivity index (χ1n) is 8.66. The van der Waals surface area contributed by atoms with E-state index in [0.29, 0.717) is 12.5 Å². The molecule has 23 heavy (non-hydrogen) atoms. The highest BCUT2D eigenvalue weighted by Gasteiger charge is 2.22. The molecule has 0 saturated carbocycles. The van der Waals surface area contributed by atoms with E-state index in [-0.39, 0.29) is 0 Å². The highest BCUT2D eigenvalue weighted by molar-refractivity contribution is 5.41. The predicted octanol–water partition coefficient (Wildman–Crippen LogP) is 2.40. The summed E-state index contributed by atoms with van der Waals surface area (Å²) < 4.78 is 5.44. The molecular weight excluding hydrogens is 290 g/mol. The molecule has 5 heteroatoms. The summed E-state index contributed by atoms with van der Waals surface area (Å²) in [5.74, 6) is 2.36. The average molecular weight is 321 g/mol. The molecule has 0 spiro atoms. The number of piperazine rings is 1. The van der Waals surface area contributed by atoms with Crippen LogP contribution in [0.2, 0.25) is 0 Å². The van der Waals surface area contributed by atoms with Gasteiger partial charge in [0, 0.05) is 32.7 Å². The van der Waals surface area contributed by atoms with Crippen LogP contribution in [0.1, 0.15) is 34.1 Å². The monoisotopic (exact) mass is 321 g/mol. The van der Waals surface area contributed by atoms with Gasteiger partial charge in [0.15, 0.2) is 0 Å². The van der Waals surface area contributed by atoms with Crippen LogP contribution in [0.25, 0.3) is 0 Å². The zero-order chi connectivity index (χ0) is 16.9. The van der Waals surface area contributed by atoms with Crippen LogP contribution in [-0.4, -0.2) is 59.9 Å². The van der Waals surface area contributed by atoms with Gasteiger partial charge in [-0.2, -0.15) is 0 Å². The summed E-state index contributed by atoms with van der Waals surface area (Å²) in [6.07, 6.45) is 2.64. The molecule has 1 saturated heterocycles. The van der Waals surface area contributed by atoms with Crippen LogP contribution >= 0.6 is 0 Å². The first-order chi connectivity index (χ1) is 10.9. The Bertz CT molecular complexity index is 462. The van der Waals surface area contributed by atoms with Crippen LogP contribution in [0.5, 0.6) is 5.75 Å². The lowest BCUT2D eigenvalue weighted by Crippen LogP contribution is -2.48. The van der Waals surface area contributed by atoms with Crippen molar-refractivity contribution in [2.45, 2.75) is 39.7 Å². The molecule has 1 atom stereocenters. The number of pyridine rings is 1. The van der Waals surface area contributed by atoms with Crippen molar-refractivity contribution in [3.63, 3.8) is 0 Å². The van der Waals surface area contributed by atoms with Crippen molar-refractivity contribution in [3.05, 3.63) is 18.3 Å². The van der Waals surface area contributed by atoms with Gasteiger partial charge in [0.1, 0.15) is 11.6 Å². The van der Waals surface area contributed by atoms with Gasteiger partial charge >= 0.3 is 0 Å². The van der Waals surface area contributed by atoms with Gasteiger partial charge in [0.2, 0.25) is 0 Å². The molecule has 0 aliphatic carbocycles. The van der Waals surface area contributed by atoms with Crippen molar-refractivity contribution >= 4 is 5.82 Å². The van der Waals surface area contributed by atoms with Crippen molar-refractivity contribution in [2.75, 3.05) is 44.2 Å². The number of hydrogen-bond donors (Lipinski definition) is 1. The summed E-state index contributed by atoms with van der Waals surface area (Å²) in [7, 11) is 0. The largest absolute Gasteiger partial charge is 0.492 e. The van der Waals surface area contributed by atoms with Gasteiger partial charge in [-0.3, -0.25) is 4.90 Å². The minimum atomic E-state index is -0.576. The Hall–Kier alpha value is -1.33. The number of ether oxygens (including phenoxy) is 1. The quantitative estimate of drug-likeness (QED) is 0.836. The van der Waals surface area contributed by atoms with Crippen molar-refractivity contribution < 1.29 is 9.84 Å². The summed E-state index contributed by atoms with van der Waals surface area (Å²) >= 11 is 0. The fourth-order valence-corrected chi connectivity index (χ4v) is 3.33. The van der Waals surface area contributed by atoms with Gasteiger partial charge in [0.05, 0.1) is 18.4 Å². The number of aromatic nitrogens is 1. The summed E-state index contributed by atoms with van der Waals surface area (Å²) in [5.41, 5.74) is -0.576. The molecule has 0 amide bonds. The van der Waals surface area contributed by atoms with E-state index >= 15 is 0 Å². The maximum Gasteiger partial charge on any atom is 0.137 e. The third-order valence-electron chi connectivity index (χ3n) is 4.15. The van der Waals surface area contributed by atoms with E-state index in [0.717, 1.165) is 50.7 Å². The van der Waals surface area contributed by atoms with E-state index in [2.05, 4.69) is 21.7 Å². The molecule has 1 fully saturated rings. The third-order valence-corrected chi connectivity index (χ3v) is 4.15. The van der Waals surface area contributed by atoms with Crippen molar-refractivity contribution in [1.29, 1.82) is 0 Å². The standard InChI is InChI=1S/C18H31N3O2/c1-5-23-16-6-7-17(19-13-16)21-10-8-20(9-11-21)14-15(2)12-18(3,4)22/h6-7,13,15,22H,5,8-12,14H2,1-4H3. The smallest absolute Gasteiger partial charge is 0.137 e. The zero-order valence-corrected chi connectivity index (χ0v) is 15.0. The SMILES string of the molecule is CCOc1ccc(N2CCN(CC(C)CC(C)(C)O)CC2)nc1. The maximum atomic E-state index is 9.92. The van der Waals surface area contributed by atoms with Gasteiger partial charge in [-0.25, -0.2) is 4.98 Å². The van der Waals surface area contributed by atoms with Gasteiger partial charge in [0.25, 0.3) is 0 Å². The molecule has 1 aromatic heterocycles. The maximum absolute atomic E-state index is 9.92. The Morgan fingerprint density at radius 1 is 1.26 bits per heavy atom. The molecular formula is C18H31N3O2. The summed E-state index contributed by atoms with van der Waals surface area (Å²) in [5, 5.41) is 9.92. The van der Waals surface area contributed by atoms with Crippen LogP contribution in [-0.2, 0) is 0 Å². The lowest BCUT2D eigenvalue weighted by Gasteiger charge is -2.37. The first-order valence-corrected chi connectivity index (χ1v) is 8.66. The molecule has 5 nitrogen and oxygen atoms in total. The zero-order valence-electron chi connectivity index (χ0n) is 15.0. The predicted molar refractivity (Wildman–Crippen MR) is 94.1 cm³/mol. The van der Waals surface area contributed by atoms with E-state index in [4.69, 9.17) is 4.74 Å². The van der Waals surface area contributed by atoms with Crippen molar-refractivity contribution in [2.24, 2.45) is 5.92 Å². The Morgan fingerprint density at radius 3 is 2.48 bits per heavy atom. The fraction of sp³-hybridized carbons (Fsp3) is 0.722. The van der Waals surface area contributed by atoms with E-state index in [1.165, 1.54) is 0 Å². The van der Waals surface area contributed by atoms with Crippen molar-refractivity contribution in [1.82, 2.24) is 9.88 Å². The molecule has 1 aliphatic heterocycles. The van der Waals surface area contributed by atoms with Crippen LogP contribution in [0, 0.1) is 5.92 Å². The summed E-state index contributed by atoms with van der Waals surface area (Å²) in [6, 6.07) is 4.03. The van der Waals surface area contributed by atoms with Gasteiger partial charge in [-0.15, -0.1) is 0 Å². The molecule has 2 rings (SSSR count). The number of nitrogens with zero attached hydrogens (tertiary/aromatic N) is 3. The topological polar surface area (TPSA) is 48.8 Å². The molecule has 0 aromatic carbocycles. The van der Waals surface area contributed by atoms with Crippen LogP contribution < -0.4 is 9.64 Å². The van der Waals surface area contributed by atoms with E-state index in [9.17, 15) is 5.11 Å². The molecule has 2 heterocycles. The van der Waals surface area contributed by atoms with Crippen LogP contribution in [0.4, 0.5) is 5.82 Å². The van der Waals surface area contributed by atoms with Gasteiger partial charge in [-0.1, -0.05) is 6.92 Å². The number of hydrogen-bond acceptors (Lipinski definition) is 5. The first kappa shape index (κ1) is 18.0. The number of anilines is 1. The fourth-order valence-electron chi connectivity index (χ4n) is 3.33. The highest BCUT2D eigenvalue weighted by atomic mass is 16.5. The molecule has 1 aromatic rings. The van der Waals surface area contributed by atoms with Gasteiger partial charge < -0.3 is 14.7 Å². The minimum Gasteiger partial charge on any atom is -0.492 e. The molecule has 1 aliphatic rings. The molecule has 1 N–H and O–H groups in total. The van der Waals surface area contributed by atoms with E-state index in [1.54, 1.807) is 6.20 Å². The van der Waals surface area contributed by atoms with Gasteiger partial charge in [-0.05, 0) is 45.2 Å². The summed E-state index contributed by atoms with van der Waals surface area (Å²) in [4.78, 5) is 9.32. The Kier molecular flexibility index (Phi) is 6.25. The molecule has 0 radical (unpaired) electrons. The van der Waals surface area contributed by atoms with Crippen LogP contribution in [0.3, 0.4) is 0 Å². The second-order valence-corrected chi connectivity index (χ2v) is 7.19. The number of aliphatic hydroxyl groups is 1. The lowest BCUT2D eigenvalue weighted by atomic mass is 9.94. The normalized spacial score (nSPS) is 18.0. The Labute approximate surface area is 140 Å². The van der Waals surface area contributed by atoms with Crippen LogP contribution in [0.15, 0.2) is 18.3 Å². The second-order valence-electron chi connectivity index (χ2n) is 7.19. The van der Waals surface area contributed by atoms with E-state index in [1.807, 2.05) is 32.9 Å². The highest BCUT2D eigenvalue weighted by Crippen LogP contribution is 2.20. The van der Waals surface area contributed by atoms with Crippen molar-refractivity contribution in [3.8, 4) is 5.75 Å².